The number of fused-ring (bicyclic) bond motifs is 3. The van der Waals surface area contributed by atoms with Crippen molar-refractivity contribution in [2.45, 2.75) is 50.6 Å². The molecule has 6 heteroatoms. The minimum absolute atomic E-state index is 0.192. The Morgan fingerprint density at radius 3 is 2.12 bits per heavy atom. The van der Waals surface area contributed by atoms with Crippen LogP contribution in [-0.4, -0.2) is 52.5 Å². The summed E-state index contributed by atoms with van der Waals surface area (Å²) in [4.78, 5) is 2.64. The second-order valence-corrected chi connectivity index (χ2v) is 9.27. The lowest BCUT2D eigenvalue weighted by Crippen LogP contribution is -2.51. The zero-order valence-electron chi connectivity index (χ0n) is 20.6. The van der Waals surface area contributed by atoms with Gasteiger partial charge in [-0.25, -0.2) is 0 Å². The molecule has 2 heterocycles. The largest absolute Gasteiger partial charge is 0.493 e. The lowest BCUT2D eigenvalue weighted by atomic mass is 9.75. The number of nitrogens with zero attached hydrogens (tertiary/aromatic N) is 1. The molecule has 0 bridgehead atoms. The number of nitrogens with two attached hydrogens (primary N) is 1. The molecule has 0 unspecified atom stereocenters. The van der Waals surface area contributed by atoms with E-state index in [9.17, 15) is 0 Å². The Hall–Kier alpha value is -2.44. The summed E-state index contributed by atoms with van der Waals surface area (Å²) in [5.41, 5.74) is 10.5. The molecule has 1 saturated heterocycles. The van der Waals surface area contributed by atoms with Gasteiger partial charge in [-0.15, -0.1) is 0 Å². The van der Waals surface area contributed by atoms with Gasteiger partial charge in [0.2, 0.25) is 0 Å². The predicted molar refractivity (Wildman–Crippen MR) is 131 cm³/mol. The monoisotopic (exact) mass is 454 g/mol. The first-order valence-corrected chi connectivity index (χ1v) is 12.0. The van der Waals surface area contributed by atoms with Gasteiger partial charge in [0.1, 0.15) is 0 Å². The van der Waals surface area contributed by atoms with Crippen molar-refractivity contribution in [1.29, 1.82) is 0 Å². The Bertz CT molecular complexity index is 963. The summed E-state index contributed by atoms with van der Waals surface area (Å²) in [6, 6.07) is 11.1. The van der Waals surface area contributed by atoms with Gasteiger partial charge in [0.05, 0.1) is 28.4 Å². The van der Waals surface area contributed by atoms with Crippen LogP contribution in [0.25, 0.3) is 0 Å². The number of hydrogen-bond donors (Lipinski definition) is 1. The summed E-state index contributed by atoms with van der Waals surface area (Å²) >= 11 is 0. The highest BCUT2D eigenvalue weighted by atomic mass is 16.5. The smallest absolute Gasteiger partial charge is 0.161 e. The number of rotatable bonds is 8. The Balaban J connectivity index is 1.79. The molecule has 33 heavy (non-hydrogen) atoms. The fourth-order valence-electron chi connectivity index (χ4n) is 5.65. The Kier molecular flexibility index (Phi) is 7.35. The van der Waals surface area contributed by atoms with Crippen LogP contribution in [0.15, 0.2) is 30.3 Å². The van der Waals surface area contributed by atoms with E-state index in [1.807, 2.05) is 6.07 Å². The zero-order chi connectivity index (χ0) is 23.5. The van der Waals surface area contributed by atoms with Gasteiger partial charge in [-0.3, -0.25) is 4.90 Å². The summed E-state index contributed by atoms with van der Waals surface area (Å²) in [5.74, 6) is 3.75. The molecule has 2 aliphatic rings. The first-order valence-electron chi connectivity index (χ1n) is 12.0. The van der Waals surface area contributed by atoms with Gasteiger partial charge in [-0.2, -0.15) is 0 Å². The van der Waals surface area contributed by atoms with Gasteiger partial charge in [0, 0.05) is 31.1 Å². The summed E-state index contributed by atoms with van der Waals surface area (Å²) in [6.45, 7) is 4.22. The molecular weight excluding hydrogens is 416 g/mol. The quantitative estimate of drug-likeness (QED) is 0.621. The average Bonchev–Trinajstić information content (AvgIpc) is 2.85. The maximum atomic E-state index is 6.71. The van der Waals surface area contributed by atoms with E-state index in [4.69, 9.17) is 24.7 Å². The van der Waals surface area contributed by atoms with E-state index in [1.54, 1.807) is 28.4 Å². The third kappa shape index (κ3) is 4.51. The van der Waals surface area contributed by atoms with Crippen LogP contribution in [0.4, 0.5) is 0 Å². The summed E-state index contributed by atoms with van der Waals surface area (Å²) in [5, 5.41) is 0. The molecule has 0 amide bonds. The molecule has 2 aromatic rings. The van der Waals surface area contributed by atoms with Crippen molar-refractivity contribution in [3.05, 3.63) is 47.0 Å². The van der Waals surface area contributed by atoms with Crippen LogP contribution in [0.3, 0.4) is 0 Å². The number of methoxy groups -OCH3 is 4. The van der Waals surface area contributed by atoms with Crippen molar-refractivity contribution in [1.82, 2.24) is 4.90 Å². The van der Waals surface area contributed by atoms with Crippen molar-refractivity contribution >= 4 is 0 Å². The number of piperidine rings is 1. The van der Waals surface area contributed by atoms with Crippen LogP contribution >= 0.6 is 0 Å². The van der Waals surface area contributed by atoms with Crippen LogP contribution in [0.1, 0.15) is 61.3 Å². The molecule has 6 nitrogen and oxygen atoms in total. The van der Waals surface area contributed by atoms with Gasteiger partial charge in [0.15, 0.2) is 23.0 Å². The molecule has 0 spiro atoms. The summed E-state index contributed by atoms with van der Waals surface area (Å²) in [7, 11) is 6.75. The molecule has 0 radical (unpaired) electrons. The second-order valence-electron chi connectivity index (χ2n) is 9.27. The van der Waals surface area contributed by atoms with Crippen LogP contribution in [0.5, 0.6) is 23.0 Å². The highest BCUT2D eigenvalue weighted by Crippen LogP contribution is 2.48. The molecule has 0 aromatic heterocycles. The second kappa shape index (κ2) is 10.2. The van der Waals surface area contributed by atoms with E-state index < -0.39 is 0 Å². The maximum Gasteiger partial charge on any atom is 0.161 e. The van der Waals surface area contributed by atoms with Crippen molar-refractivity contribution in [3.63, 3.8) is 0 Å². The number of ether oxygens (including phenoxy) is 4. The fourth-order valence-corrected chi connectivity index (χ4v) is 5.65. The van der Waals surface area contributed by atoms with Gasteiger partial charge in [-0.1, -0.05) is 25.8 Å². The first-order chi connectivity index (χ1) is 16.0. The highest BCUT2D eigenvalue weighted by molar-refractivity contribution is 5.55. The van der Waals surface area contributed by atoms with Crippen LogP contribution in [0.2, 0.25) is 0 Å². The molecule has 180 valence electrons. The van der Waals surface area contributed by atoms with Crippen molar-refractivity contribution < 1.29 is 18.9 Å². The van der Waals surface area contributed by atoms with Gasteiger partial charge in [-0.05, 0) is 59.7 Å². The molecular formula is C27H38N2O4. The summed E-state index contributed by atoms with van der Waals surface area (Å²) in [6.07, 6.45) is 4.61. The van der Waals surface area contributed by atoms with E-state index in [0.29, 0.717) is 12.0 Å². The molecule has 1 fully saturated rings. The van der Waals surface area contributed by atoms with E-state index in [-0.39, 0.29) is 12.0 Å². The topological polar surface area (TPSA) is 66.2 Å². The highest BCUT2D eigenvalue weighted by Gasteiger charge is 2.41. The molecule has 2 aliphatic heterocycles. The van der Waals surface area contributed by atoms with E-state index in [1.165, 1.54) is 36.0 Å². The predicted octanol–water partition coefficient (Wildman–Crippen LogP) is 4.75. The maximum absolute atomic E-state index is 6.71. The SMILES string of the molecule is CCCC[C@@H]1CN2C[C@@H](c3ccc(OC)c(OC)c3)c3cc(OC)c(OC)cc3[C@H]2C[C@H]1N. The molecule has 0 aliphatic carbocycles. The fraction of sp³-hybridized carbons (Fsp3) is 0.556. The normalized spacial score (nSPS) is 24.5. The van der Waals surface area contributed by atoms with E-state index >= 15 is 0 Å². The molecule has 2 aromatic carbocycles. The number of unbranched alkanes of at least 4 members (excludes halogenated alkanes) is 1. The van der Waals surface area contributed by atoms with Gasteiger partial charge < -0.3 is 24.7 Å². The van der Waals surface area contributed by atoms with Crippen LogP contribution < -0.4 is 24.7 Å². The molecule has 4 rings (SSSR count). The Labute approximate surface area is 198 Å². The minimum atomic E-state index is 0.192. The zero-order valence-corrected chi connectivity index (χ0v) is 20.6. The lowest BCUT2D eigenvalue weighted by molar-refractivity contribution is 0.0728. The first kappa shape index (κ1) is 23.7. The summed E-state index contributed by atoms with van der Waals surface area (Å²) < 4.78 is 22.5. The Morgan fingerprint density at radius 1 is 0.848 bits per heavy atom. The van der Waals surface area contributed by atoms with Crippen molar-refractivity contribution in [2.75, 3.05) is 41.5 Å². The Morgan fingerprint density at radius 2 is 1.48 bits per heavy atom. The third-order valence-corrected chi connectivity index (χ3v) is 7.49. The van der Waals surface area contributed by atoms with E-state index in [2.05, 4.69) is 36.1 Å². The third-order valence-electron chi connectivity index (χ3n) is 7.49. The minimum Gasteiger partial charge on any atom is -0.493 e. The van der Waals surface area contributed by atoms with Crippen molar-refractivity contribution in [3.8, 4) is 23.0 Å². The molecule has 2 N–H and O–H groups in total. The number of hydrogen-bond acceptors (Lipinski definition) is 6. The van der Waals surface area contributed by atoms with Crippen LogP contribution in [0, 0.1) is 5.92 Å². The average molecular weight is 455 g/mol. The van der Waals surface area contributed by atoms with Crippen molar-refractivity contribution in [2.24, 2.45) is 11.7 Å². The van der Waals surface area contributed by atoms with E-state index in [0.717, 1.165) is 42.5 Å². The van der Waals surface area contributed by atoms with Gasteiger partial charge in [0.25, 0.3) is 0 Å². The van der Waals surface area contributed by atoms with Gasteiger partial charge >= 0.3 is 0 Å². The number of benzene rings is 2. The molecule has 4 atom stereocenters. The van der Waals surface area contributed by atoms with Crippen LogP contribution in [-0.2, 0) is 0 Å². The molecule has 0 saturated carbocycles. The standard InChI is InChI=1S/C27H38N2O4/c1-6-7-8-18-15-29-16-21(17-9-10-24(30-2)25(11-17)31-3)19-12-26(32-4)27(33-5)13-20(19)23(29)14-22(18)28/h9-13,18,21-23H,6-8,14-16,28H2,1-5H3/t18-,21+,22-,23-/m1/s1. The lowest BCUT2D eigenvalue weighted by Gasteiger charge is -2.48.